The number of aromatic amines is 1. The van der Waals surface area contributed by atoms with Crippen molar-refractivity contribution in [1.82, 2.24) is 20.6 Å². The molecule has 0 fully saturated rings. The molecule has 0 aliphatic rings. The number of nitrogens with one attached hydrogen (secondary N) is 3. The number of guanidine groups is 1. The van der Waals surface area contributed by atoms with E-state index in [-0.39, 0.29) is 0 Å². The van der Waals surface area contributed by atoms with Gasteiger partial charge in [0.05, 0.1) is 18.4 Å². The van der Waals surface area contributed by atoms with Crippen molar-refractivity contribution >= 4 is 17.3 Å². The van der Waals surface area contributed by atoms with E-state index in [0.29, 0.717) is 12.5 Å². The number of aliphatic imine (C=N–C) groups is 1. The molecule has 0 saturated carbocycles. The van der Waals surface area contributed by atoms with E-state index in [0.717, 1.165) is 29.6 Å². The molecule has 2 aromatic heterocycles. The number of benzene rings is 1. The Labute approximate surface area is 152 Å². The molecule has 1 unspecified atom stereocenters. The minimum absolute atomic E-state index is 0.443. The molecule has 25 heavy (non-hydrogen) atoms. The lowest BCUT2D eigenvalue weighted by Crippen LogP contribution is -2.38. The summed E-state index contributed by atoms with van der Waals surface area (Å²) in [6.07, 6.45) is 1.86. The predicted molar refractivity (Wildman–Crippen MR) is 105 cm³/mol. The molecular formula is C19H23N5S. The van der Waals surface area contributed by atoms with Crippen LogP contribution in [0.5, 0.6) is 0 Å². The molecule has 3 aromatic rings. The van der Waals surface area contributed by atoms with Crippen LogP contribution in [0, 0.1) is 0 Å². The molecule has 6 heteroatoms. The van der Waals surface area contributed by atoms with Gasteiger partial charge in [-0.05, 0) is 33.9 Å². The summed E-state index contributed by atoms with van der Waals surface area (Å²) in [5.41, 5.74) is 3.51. The van der Waals surface area contributed by atoms with Crippen LogP contribution in [-0.2, 0) is 6.54 Å². The molecule has 2 heterocycles. The van der Waals surface area contributed by atoms with Gasteiger partial charge < -0.3 is 15.6 Å². The second kappa shape index (κ2) is 8.48. The van der Waals surface area contributed by atoms with Gasteiger partial charge >= 0.3 is 0 Å². The van der Waals surface area contributed by atoms with Gasteiger partial charge in [0.2, 0.25) is 0 Å². The summed E-state index contributed by atoms with van der Waals surface area (Å²) in [7, 11) is 1.78. The Morgan fingerprint density at radius 3 is 2.80 bits per heavy atom. The molecule has 5 nitrogen and oxygen atoms in total. The minimum atomic E-state index is 0.443. The van der Waals surface area contributed by atoms with Crippen molar-refractivity contribution in [3.05, 3.63) is 64.7 Å². The average molecular weight is 353 g/mol. The maximum Gasteiger partial charge on any atom is 0.191 e. The molecule has 1 atom stereocenters. The Bertz CT molecular complexity index is 792. The number of H-pyrrole nitrogens is 1. The SMILES string of the molecule is CN=C(NCc1ncc(-c2ccccc2)[nH]1)NCC(C)c1ccsc1. The number of thiophene rings is 1. The Balaban J connectivity index is 1.51. The molecular weight excluding hydrogens is 330 g/mol. The standard InChI is InChI=1S/C19H23N5S/c1-14(16-8-9-25-13-16)10-22-19(20-2)23-12-18-21-11-17(24-18)15-6-4-3-5-7-15/h3-9,11,13-14H,10,12H2,1-2H3,(H,21,24)(H2,20,22,23). The first-order valence-corrected chi connectivity index (χ1v) is 9.26. The molecule has 3 N–H and O–H groups in total. The minimum Gasteiger partial charge on any atom is -0.356 e. The smallest absolute Gasteiger partial charge is 0.191 e. The molecule has 0 bridgehead atoms. The number of aromatic nitrogens is 2. The first-order chi connectivity index (χ1) is 12.3. The summed E-state index contributed by atoms with van der Waals surface area (Å²) in [5.74, 6) is 2.10. The summed E-state index contributed by atoms with van der Waals surface area (Å²) in [5, 5.41) is 11.0. The van der Waals surface area contributed by atoms with Crippen molar-refractivity contribution in [2.45, 2.75) is 19.4 Å². The van der Waals surface area contributed by atoms with Crippen LogP contribution in [0.1, 0.15) is 24.2 Å². The van der Waals surface area contributed by atoms with Crippen LogP contribution in [0.2, 0.25) is 0 Å². The van der Waals surface area contributed by atoms with E-state index in [4.69, 9.17) is 0 Å². The first-order valence-electron chi connectivity index (χ1n) is 8.32. The van der Waals surface area contributed by atoms with Crippen LogP contribution < -0.4 is 10.6 Å². The van der Waals surface area contributed by atoms with Crippen LogP contribution >= 0.6 is 11.3 Å². The lowest BCUT2D eigenvalue weighted by molar-refractivity contribution is 0.696. The fourth-order valence-corrected chi connectivity index (χ4v) is 3.31. The Morgan fingerprint density at radius 1 is 1.24 bits per heavy atom. The number of imidazole rings is 1. The van der Waals surface area contributed by atoms with Gasteiger partial charge in [0.1, 0.15) is 5.82 Å². The molecule has 0 aliphatic heterocycles. The van der Waals surface area contributed by atoms with Crippen LogP contribution in [0.4, 0.5) is 0 Å². The zero-order valence-electron chi connectivity index (χ0n) is 14.5. The highest BCUT2D eigenvalue weighted by Gasteiger charge is 2.08. The van der Waals surface area contributed by atoms with Crippen LogP contribution in [0.15, 0.2) is 58.3 Å². The number of nitrogens with zero attached hydrogens (tertiary/aromatic N) is 2. The lowest BCUT2D eigenvalue weighted by atomic mass is 10.1. The van der Waals surface area contributed by atoms with Crippen molar-refractivity contribution < 1.29 is 0 Å². The largest absolute Gasteiger partial charge is 0.356 e. The summed E-state index contributed by atoms with van der Waals surface area (Å²) in [6, 6.07) is 12.4. The molecule has 0 saturated heterocycles. The van der Waals surface area contributed by atoms with Gasteiger partial charge in [-0.25, -0.2) is 4.98 Å². The van der Waals surface area contributed by atoms with Crippen molar-refractivity contribution in [3.63, 3.8) is 0 Å². The molecule has 1 aromatic carbocycles. The Kier molecular flexibility index (Phi) is 5.85. The van der Waals surface area contributed by atoms with Gasteiger partial charge in [-0.2, -0.15) is 11.3 Å². The highest BCUT2D eigenvalue weighted by molar-refractivity contribution is 7.07. The molecule has 0 aliphatic carbocycles. The topological polar surface area (TPSA) is 65.1 Å². The third-order valence-corrected chi connectivity index (χ3v) is 4.75. The van der Waals surface area contributed by atoms with Crippen molar-refractivity contribution in [2.75, 3.05) is 13.6 Å². The van der Waals surface area contributed by atoms with Crippen LogP contribution in [0.3, 0.4) is 0 Å². The average Bonchev–Trinajstić information content (AvgIpc) is 3.34. The van der Waals surface area contributed by atoms with E-state index in [1.165, 1.54) is 5.56 Å². The third kappa shape index (κ3) is 4.70. The Hall–Kier alpha value is -2.60. The van der Waals surface area contributed by atoms with E-state index in [1.54, 1.807) is 18.4 Å². The summed E-state index contributed by atoms with van der Waals surface area (Å²) < 4.78 is 0. The van der Waals surface area contributed by atoms with Crippen molar-refractivity contribution in [3.8, 4) is 11.3 Å². The van der Waals surface area contributed by atoms with E-state index < -0.39 is 0 Å². The first kappa shape index (κ1) is 17.2. The predicted octanol–water partition coefficient (Wildman–Crippen LogP) is 3.61. The van der Waals surface area contributed by atoms with Gasteiger partial charge in [0.15, 0.2) is 5.96 Å². The number of rotatable bonds is 6. The maximum absolute atomic E-state index is 4.44. The Morgan fingerprint density at radius 2 is 2.08 bits per heavy atom. The van der Waals surface area contributed by atoms with Gasteiger partial charge in [-0.1, -0.05) is 37.3 Å². The van der Waals surface area contributed by atoms with Gasteiger partial charge in [0.25, 0.3) is 0 Å². The summed E-state index contributed by atoms with van der Waals surface area (Å²) in [4.78, 5) is 12.1. The van der Waals surface area contributed by atoms with Crippen molar-refractivity contribution in [1.29, 1.82) is 0 Å². The fraction of sp³-hybridized carbons (Fsp3) is 0.263. The van der Waals surface area contributed by atoms with E-state index in [2.05, 4.69) is 61.5 Å². The van der Waals surface area contributed by atoms with Gasteiger partial charge in [-0.3, -0.25) is 4.99 Å². The molecule has 0 radical (unpaired) electrons. The van der Waals surface area contributed by atoms with Gasteiger partial charge in [-0.15, -0.1) is 0 Å². The molecule has 3 rings (SSSR count). The highest BCUT2D eigenvalue weighted by Crippen LogP contribution is 2.17. The zero-order valence-corrected chi connectivity index (χ0v) is 15.3. The quantitative estimate of drug-likeness (QED) is 0.468. The van der Waals surface area contributed by atoms with E-state index in [9.17, 15) is 0 Å². The third-order valence-electron chi connectivity index (χ3n) is 4.05. The molecule has 0 amide bonds. The summed E-state index contributed by atoms with van der Waals surface area (Å²) in [6.45, 7) is 3.64. The summed E-state index contributed by atoms with van der Waals surface area (Å²) >= 11 is 1.73. The zero-order chi connectivity index (χ0) is 17.5. The fourth-order valence-electron chi connectivity index (χ4n) is 2.53. The second-order valence-corrected chi connectivity index (χ2v) is 6.65. The lowest BCUT2D eigenvalue weighted by Gasteiger charge is -2.15. The number of hydrogen-bond donors (Lipinski definition) is 3. The van der Waals surface area contributed by atoms with Crippen LogP contribution in [-0.4, -0.2) is 29.5 Å². The van der Waals surface area contributed by atoms with Crippen molar-refractivity contribution in [2.24, 2.45) is 4.99 Å². The normalized spacial score (nSPS) is 12.8. The highest BCUT2D eigenvalue weighted by atomic mass is 32.1. The monoisotopic (exact) mass is 353 g/mol. The number of hydrogen-bond acceptors (Lipinski definition) is 3. The van der Waals surface area contributed by atoms with E-state index >= 15 is 0 Å². The molecule has 0 spiro atoms. The second-order valence-electron chi connectivity index (χ2n) is 5.87. The van der Waals surface area contributed by atoms with E-state index in [1.807, 2.05) is 24.4 Å². The van der Waals surface area contributed by atoms with Crippen LogP contribution in [0.25, 0.3) is 11.3 Å². The van der Waals surface area contributed by atoms with Gasteiger partial charge in [0, 0.05) is 13.6 Å². The maximum atomic E-state index is 4.44. The molecule has 130 valence electrons.